The average Bonchev–Trinajstić information content (AvgIpc) is 3.39. The number of aliphatic hydroxyl groups excluding tert-OH is 1. The molecule has 0 aliphatic heterocycles. The number of hydrogen-bond donors (Lipinski definition) is 2. The van der Waals surface area contributed by atoms with E-state index in [4.69, 9.17) is 4.98 Å². The quantitative estimate of drug-likeness (QED) is 0.450. The van der Waals surface area contributed by atoms with Crippen LogP contribution in [0.1, 0.15) is 41.7 Å². The lowest BCUT2D eigenvalue weighted by Gasteiger charge is -2.29. The number of nitrogens with one attached hydrogen (secondary N) is 1. The van der Waals surface area contributed by atoms with Gasteiger partial charge >= 0.3 is 5.69 Å². The number of aromatic amines is 1. The Labute approximate surface area is 181 Å². The van der Waals surface area contributed by atoms with E-state index in [9.17, 15) is 15.2 Å². The highest BCUT2D eigenvalue weighted by atomic mass is 16.3. The van der Waals surface area contributed by atoms with Gasteiger partial charge in [0, 0.05) is 0 Å². The second-order valence-electron chi connectivity index (χ2n) is 7.88. The first-order valence-corrected chi connectivity index (χ1v) is 10.3. The van der Waals surface area contributed by atoms with Gasteiger partial charge in [-0.1, -0.05) is 24.3 Å². The van der Waals surface area contributed by atoms with Gasteiger partial charge in [-0.25, -0.2) is 14.8 Å². The maximum absolute atomic E-state index is 12.9. The number of rotatable bonds is 2. The highest BCUT2D eigenvalue weighted by Crippen LogP contribution is 2.38. The molecule has 2 atom stereocenters. The molecule has 0 radical (unpaired) electrons. The molecule has 0 bridgehead atoms. The molecule has 3 heterocycles. The van der Waals surface area contributed by atoms with Crippen molar-refractivity contribution in [2.75, 3.05) is 0 Å². The van der Waals surface area contributed by atoms with E-state index in [-0.39, 0.29) is 11.7 Å². The summed E-state index contributed by atoms with van der Waals surface area (Å²) in [6.45, 7) is 0. The van der Waals surface area contributed by atoms with Crippen molar-refractivity contribution in [1.29, 1.82) is 5.26 Å². The van der Waals surface area contributed by atoms with Crippen molar-refractivity contribution in [1.82, 2.24) is 29.1 Å². The molecule has 156 valence electrons. The van der Waals surface area contributed by atoms with Gasteiger partial charge in [-0.3, -0.25) is 9.13 Å². The van der Waals surface area contributed by atoms with Crippen molar-refractivity contribution < 1.29 is 5.11 Å². The average molecular weight is 423 g/mol. The van der Waals surface area contributed by atoms with Crippen molar-refractivity contribution in [3.05, 3.63) is 82.2 Å². The smallest absolute Gasteiger partial charge is 0.328 e. The topological polar surface area (TPSA) is 125 Å². The van der Waals surface area contributed by atoms with Gasteiger partial charge in [0.2, 0.25) is 5.95 Å². The number of imidazole rings is 2. The molecule has 9 nitrogen and oxygen atoms in total. The second-order valence-corrected chi connectivity index (χ2v) is 7.88. The lowest BCUT2D eigenvalue weighted by atomic mass is 9.85. The summed E-state index contributed by atoms with van der Waals surface area (Å²) < 4.78 is 3.35. The van der Waals surface area contributed by atoms with Crippen LogP contribution in [0, 0.1) is 11.3 Å². The molecule has 32 heavy (non-hydrogen) atoms. The van der Waals surface area contributed by atoms with Gasteiger partial charge in [0.05, 0.1) is 41.0 Å². The first-order chi connectivity index (χ1) is 15.6. The number of fused-ring (bicyclic) bond motifs is 3. The molecule has 5 aromatic rings. The maximum Gasteiger partial charge on any atom is 0.328 e. The number of benzene rings is 2. The van der Waals surface area contributed by atoms with E-state index in [0.29, 0.717) is 46.6 Å². The van der Waals surface area contributed by atoms with E-state index in [2.05, 4.69) is 21.0 Å². The van der Waals surface area contributed by atoms with E-state index in [1.807, 2.05) is 24.3 Å². The van der Waals surface area contributed by atoms with Gasteiger partial charge in [0.1, 0.15) is 11.8 Å². The molecule has 1 aliphatic carbocycles. The van der Waals surface area contributed by atoms with E-state index >= 15 is 0 Å². The standard InChI is InChI=1S/C23H17N7O2/c24-10-13-5-6-16-19(9-13)29(12-26-16)22-25-11-17-21(28-22)30(23(32)27-17)18-7-8-20(31)15-4-2-1-3-14(15)18/h1-6,9,11-12,18,20,31H,7-8H2,(H,27,32)/t18?,20-/m1/s1. The first kappa shape index (κ1) is 18.5. The summed E-state index contributed by atoms with van der Waals surface area (Å²) in [4.78, 5) is 29.3. The number of aromatic nitrogens is 6. The fourth-order valence-electron chi connectivity index (χ4n) is 4.56. The molecule has 2 N–H and O–H groups in total. The van der Waals surface area contributed by atoms with E-state index in [1.165, 1.54) is 0 Å². The van der Waals surface area contributed by atoms with Gasteiger partial charge in [-0.2, -0.15) is 10.2 Å². The molecule has 0 saturated heterocycles. The van der Waals surface area contributed by atoms with Crippen molar-refractivity contribution in [3.63, 3.8) is 0 Å². The molecule has 0 spiro atoms. The first-order valence-electron chi connectivity index (χ1n) is 10.3. The fraction of sp³-hybridized carbons (Fsp3) is 0.174. The molecule has 3 aromatic heterocycles. The number of nitriles is 1. The molecule has 0 saturated carbocycles. The number of hydrogen-bond acceptors (Lipinski definition) is 6. The largest absolute Gasteiger partial charge is 0.388 e. The van der Waals surface area contributed by atoms with Crippen LogP contribution in [0.15, 0.2) is 59.8 Å². The van der Waals surface area contributed by atoms with E-state index < -0.39 is 6.10 Å². The predicted molar refractivity (Wildman–Crippen MR) is 116 cm³/mol. The Morgan fingerprint density at radius 1 is 1.12 bits per heavy atom. The second kappa shape index (κ2) is 6.87. The van der Waals surface area contributed by atoms with Crippen molar-refractivity contribution in [2.45, 2.75) is 25.0 Å². The molecule has 2 aromatic carbocycles. The van der Waals surface area contributed by atoms with E-state index in [1.54, 1.807) is 39.9 Å². The normalized spacial score (nSPS) is 18.0. The van der Waals surface area contributed by atoms with Crippen LogP contribution in [0.4, 0.5) is 0 Å². The Kier molecular flexibility index (Phi) is 3.96. The SMILES string of the molecule is N#Cc1ccc2ncn(-c3ncc4[nH]c(=O)n(C5CC[C@@H](O)c6ccccc65)c4n3)c2c1. The monoisotopic (exact) mass is 423 g/mol. The van der Waals surface area contributed by atoms with Crippen molar-refractivity contribution >= 4 is 22.2 Å². The van der Waals surface area contributed by atoms with Gasteiger partial charge in [0.25, 0.3) is 0 Å². The summed E-state index contributed by atoms with van der Waals surface area (Å²) in [5, 5.41) is 19.7. The van der Waals surface area contributed by atoms with Crippen LogP contribution in [0.25, 0.3) is 28.1 Å². The summed E-state index contributed by atoms with van der Waals surface area (Å²) in [6.07, 6.45) is 3.82. The Balaban J connectivity index is 1.55. The highest BCUT2D eigenvalue weighted by molar-refractivity contribution is 5.79. The Morgan fingerprint density at radius 2 is 1.97 bits per heavy atom. The zero-order valence-electron chi connectivity index (χ0n) is 16.8. The van der Waals surface area contributed by atoms with Crippen molar-refractivity contribution in [3.8, 4) is 12.0 Å². The Morgan fingerprint density at radius 3 is 2.81 bits per heavy atom. The highest BCUT2D eigenvalue weighted by Gasteiger charge is 2.29. The zero-order chi connectivity index (χ0) is 21.8. The fourth-order valence-corrected chi connectivity index (χ4v) is 4.56. The van der Waals surface area contributed by atoms with Gasteiger partial charge in [-0.05, 0) is 42.2 Å². The van der Waals surface area contributed by atoms with Crippen LogP contribution < -0.4 is 5.69 Å². The molecular formula is C23H17N7O2. The molecule has 6 rings (SSSR count). The van der Waals surface area contributed by atoms with Gasteiger partial charge in [0.15, 0.2) is 5.65 Å². The summed E-state index contributed by atoms with van der Waals surface area (Å²) in [5.41, 5.74) is 4.43. The summed E-state index contributed by atoms with van der Waals surface area (Å²) >= 11 is 0. The minimum atomic E-state index is -0.541. The lowest BCUT2D eigenvalue weighted by Crippen LogP contribution is -2.27. The minimum Gasteiger partial charge on any atom is -0.388 e. The summed E-state index contributed by atoms with van der Waals surface area (Å²) in [6, 6.07) is 14.8. The number of H-pyrrole nitrogens is 1. The lowest BCUT2D eigenvalue weighted by molar-refractivity contribution is 0.147. The third-order valence-corrected chi connectivity index (χ3v) is 6.08. The molecule has 1 aliphatic rings. The summed E-state index contributed by atoms with van der Waals surface area (Å²) in [5.74, 6) is 0.354. The van der Waals surface area contributed by atoms with Gasteiger partial charge < -0.3 is 10.1 Å². The Hall–Kier alpha value is -4.29. The van der Waals surface area contributed by atoms with Crippen LogP contribution in [-0.4, -0.2) is 34.2 Å². The molecule has 0 amide bonds. The van der Waals surface area contributed by atoms with Crippen LogP contribution in [0.2, 0.25) is 0 Å². The molecule has 1 unspecified atom stereocenters. The van der Waals surface area contributed by atoms with Crippen LogP contribution in [0.3, 0.4) is 0 Å². The van der Waals surface area contributed by atoms with Crippen LogP contribution in [-0.2, 0) is 0 Å². The summed E-state index contributed by atoms with van der Waals surface area (Å²) in [7, 11) is 0. The van der Waals surface area contributed by atoms with Gasteiger partial charge in [-0.15, -0.1) is 0 Å². The third kappa shape index (κ3) is 2.67. The molecule has 9 heteroatoms. The third-order valence-electron chi connectivity index (χ3n) is 6.08. The zero-order valence-corrected chi connectivity index (χ0v) is 16.8. The van der Waals surface area contributed by atoms with E-state index in [0.717, 1.165) is 11.1 Å². The number of nitrogens with zero attached hydrogens (tertiary/aromatic N) is 6. The minimum absolute atomic E-state index is 0.247. The van der Waals surface area contributed by atoms with Crippen molar-refractivity contribution in [2.24, 2.45) is 0 Å². The van der Waals surface area contributed by atoms with Crippen LogP contribution >= 0.6 is 0 Å². The molecular weight excluding hydrogens is 406 g/mol. The predicted octanol–water partition coefficient (Wildman–Crippen LogP) is 2.75. The number of aliphatic hydroxyl groups is 1. The maximum atomic E-state index is 12.9. The Bertz CT molecular complexity index is 1600. The van der Waals surface area contributed by atoms with Crippen LogP contribution in [0.5, 0.6) is 0 Å². The molecule has 0 fully saturated rings.